The van der Waals surface area contributed by atoms with Crippen LogP contribution in [-0.4, -0.2) is 19.3 Å². The Balaban J connectivity index is 1.73. The molecule has 0 atom stereocenters. The molecule has 0 saturated heterocycles. The molecule has 0 unspecified atom stereocenters. The number of nitrogens with one attached hydrogen (secondary N) is 1. The molecule has 0 saturated carbocycles. The molecule has 0 aliphatic carbocycles. The zero-order valence-electron chi connectivity index (χ0n) is 15.0. The molecule has 1 heterocycles. The second kappa shape index (κ2) is 6.96. The van der Waals surface area contributed by atoms with Crippen LogP contribution in [-0.2, 0) is 0 Å². The molecule has 1 N–H and O–H groups in total. The van der Waals surface area contributed by atoms with E-state index >= 15 is 0 Å². The van der Waals surface area contributed by atoms with E-state index in [1.54, 1.807) is 36.4 Å². The average Bonchev–Trinajstić information content (AvgIpc) is 3.07. The fourth-order valence-corrected chi connectivity index (χ4v) is 2.36. The fourth-order valence-electron chi connectivity index (χ4n) is 2.36. The Bertz CT molecular complexity index is 878. The largest absolute Gasteiger partial charge is 0.492 e. The van der Waals surface area contributed by atoms with Crippen molar-refractivity contribution in [3.05, 3.63) is 47.5 Å². The number of nitriles is 1. The van der Waals surface area contributed by atoms with Crippen LogP contribution in [0.2, 0.25) is 0 Å². The molecule has 0 fully saturated rings. The van der Waals surface area contributed by atoms with Gasteiger partial charge in [-0.1, -0.05) is 20.8 Å². The highest BCUT2D eigenvalue weighted by Gasteiger charge is 2.17. The molecule has 0 bridgehead atoms. The Morgan fingerprint density at radius 2 is 1.96 bits per heavy atom. The van der Waals surface area contributed by atoms with Gasteiger partial charge in [-0.05, 0) is 41.8 Å². The predicted molar refractivity (Wildman–Crippen MR) is 96.6 cm³/mol. The number of rotatable bonds is 4. The Morgan fingerprint density at radius 1 is 1.19 bits per heavy atom. The van der Waals surface area contributed by atoms with Gasteiger partial charge in [-0.3, -0.25) is 4.79 Å². The van der Waals surface area contributed by atoms with Crippen molar-refractivity contribution in [3.8, 4) is 23.3 Å². The van der Waals surface area contributed by atoms with E-state index in [1.807, 2.05) is 0 Å². The van der Waals surface area contributed by atoms with Crippen LogP contribution in [0, 0.1) is 16.7 Å². The zero-order chi connectivity index (χ0) is 18.7. The number of anilines is 1. The summed E-state index contributed by atoms with van der Waals surface area (Å²) in [4.78, 5) is 12.4. The van der Waals surface area contributed by atoms with E-state index in [2.05, 4.69) is 32.2 Å². The quantitative estimate of drug-likeness (QED) is 0.901. The summed E-state index contributed by atoms with van der Waals surface area (Å²) < 4.78 is 16.2. The number of carbonyl (C=O) groups excluding carboxylic acids is 1. The first kappa shape index (κ1) is 17.6. The van der Waals surface area contributed by atoms with Crippen molar-refractivity contribution < 1.29 is 19.0 Å². The van der Waals surface area contributed by atoms with Crippen LogP contribution in [0.5, 0.6) is 17.2 Å². The monoisotopic (exact) mass is 352 g/mol. The highest BCUT2D eigenvalue weighted by atomic mass is 16.7. The molecular formula is C20H20N2O4. The Labute approximate surface area is 152 Å². The Hall–Kier alpha value is -3.20. The maximum Gasteiger partial charge on any atom is 0.255 e. The third-order valence-electron chi connectivity index (χ3n) is 3.65. The number of hydrogen-bond acceptors (Lipinski definition) is 5. The Morgan fingerprint density at radius 3 is 2.69 bits per heavy atom. The lowest BCUT2D eigenvalue weighted by Gasteiger charge is -2.19. The average molecular weight is 352 g/mol. The summed E-state index contributed by atoms with van der Waals surface area (Å²) in [7, 11) is 0. The molecule has 2 aromatic rings. The minimum Gasteiger partial charge on any atom is -0.492 e. The highest BCUT2D eigenvalue weighted by Crippen LogP contribution is 2.33. The van der Waals surface area contributed by atoms with Crippen molar-refractivity contribution in [2.24, 2.45) is 5.41 Å². The van der Waals surface area contributed by atoms with Crippen LogP contribution < -0.4 is 19.5 Å². The molecule has 1 aliphatic heterocycles. The van der Waals surface area contributed by atoms with Crippen LogP contribution in [0.4, 0.5) is 5.69 Å². The molecule has 1 aliphatic rings. The number of ether oxygens (including phenoxy) is 3. The maximum atomic E-state index is 12.4. The first-order valence-electron chi connectivity index (χ1n) is 8.24. The van der Waals surface area contributed by atoms with Crippen LogP contribution >= 0.6 is 0 Å². The van der Waals surface area contributed by atoms with Gasteiger partial charge in [0.25, 0.3) is 5.91 Å². The van der Waals surface area contributed by atoms with E-state index in [0.717, 1.165) is 0 Å². The van der Waals surface area contributed by atoms with E-state index in [9.17, 15) is 10.1 Å². The SMILES string of the molecule is CC(C)(C)COc1ccc(NC(=O)c2ccc3c(c2)OCO3)cc1C#N. The van der Waals surface area contributed by atoms with Crippen LogP contribution in [0.15, 0.2) is 36.4 Å². The van der Waals surface area contributed by atoms with Crippen LogP contribution in [0.25, 0.3) is 0 Å². The lowest BCUT2D eigenvalue weighted by atomic mass is 9.98. The molecule has 0 aromatic heterocycles. The van der Waals surface area contributed by atoms with Gasteiger partial charge in [0.1, 0.15) is 11.8 Å². The topological polar surface area (TPSA) is 80.6 Å². The summed E-state index contributed by atoms with van der Waals surface area (Å²) in [5, 5.41) is 12.1. The molecule has 3 rings (SSSR count). The number of amides is 1. The van der Waals surface area contributed by atoms with E-state index in [4.69, 9.17) is 14.2 Å². The first-order chi connectivity index (χ1) is 12.4. The van der Waals surface area contributed by atoms with Gasteiger partial charge in [0, 0.05) is 11.3 Å². The lowest BCUT2D eigenvalue weighted by molar-refractivity contribution is 0.102. The van der Waals surface area contributed by atoms with Crippen LogP contribution in [0.1, 0.15) is 36.7 Å². The molecule has 2 aromatic carbocycles. The number of nitrogens with zero attached hydrogens (tertiary/aromatic N) is 1. The van der Waals surface area contributed by atoms with Crippen molar-refractivity contribution in [2.75, 3.05) is 18.7 Å². The third kappa shape index (κ3) is 4.06. The highest BCUT2D eigenvalue weighted by molar-refractivity contribution is 6.04. The summed E-state index contributed by atoms with van der Waals surface area (Å²) in [6, 6.07) is 12.1. The van der Waals surface area contributed by atoms with Gasteiger partial charge < -0.3 is 19.5 Å². The van der Waals surface area contributed by atoms with E-state index in [-0.39, 0.29) is 18.1 Å². The molecule has 0 radical (unpaired) electrons. The normalized spacial score (nSPS) is 12.4. The third-order valence-corrected chi connectivity index (χ3v) is 3.65. The van der Waals surface area contributed by atoms with Gasteiger partial charge in [0.15, 0.2) is 11.5 Å². The Kier molecular flexibility index (Phi) is 4.72. The fraction of sp³-hybridized carbons (Fsp3) is 0.300. The van der Waals surface area contributed by atoms with Gasteiger partial charge in [-0.25, -0.2) is 0 Å². The van der Waals surface area contributed by atoms with Gasteiger partial charge >= 0.3 is 0 Å². The lowest BCUT2D eigenvalue weighted by Crippen LogP contribution is -2.17. The van der Waals surface area contributed by atoms with Crippen molar-refractivity contribution in [2.45, 2.75) is 20.8 Å². The second-order valence-corrected chi connectivity index (χ2v) is 7.19. The minimum atomic E-state index is -0.296. The zero-order valence-corrected chi connectivity index (χ0v) is 15.0. The van der Waals surface area contributed by atoms with Crippen molar-refractivity contribution in [1.82, 2.24) is 0 Å². The summed E-state index contributed by atoms with van der Waals surface area (Å²) in [6.07, 6.45) is 0. The molecule has 134 valence electrons. The number of hydrogen-bond donors (Lipinski definition) is 1. The van der Waals surface area contributed by atoms with Gasteiger partial charge in [0.05, 0.1) is 12.2 Å². The molecule has 0 spiro atoms. The predicted octanol–water partition coefficient (Wildman–Crippen LogP) is 3.96. The second-order valence-electron chi connectivity index (χ2n) is 7.19. The van der Waals surface area contributed by atoms with Crippen molar-refractivity contribution in [3.63, 3.8) is 0 Å². The summed E-state index contributed by atoms with van der Waals surface area (Å²) in [6.45, 7) is 6.81. The van der Waals surface area contributed by atoms with E-state index in [1.165, 1.54) is 0 Å². The number of fused-ring (bicyclic) bond motifs is 1. The summed E-state index contributed by atoms with van der Waals surface area (Å²) >= 11 is 0. The number of carbonyl (C=O) groups is 1. The summed E-state index contributed by atoms with van der Waals surface area (Å²) in [5.41, 5.74) is 1.32. The minimum absolute atomic E-state index is 0.0149. The smallest absolute Gasteiger partial charge is 0.255 e. The molecule has 6 heteroatoms. The van der Waals surface area contributed by atoms with Crippen LogP contribution in [0.3, 0.4) is 0 Å². The van der Waals surface area contributed by atoms with Crippen molar-refractivity contribution in [1.29, 1.82) is 5.26 Å². The standard InChI is InChI=1S/C20H20N2O4/c1-20(2,3)11-24-16-7-5-15(8-14(16)10-21)22-19(23)13-4-6-17-18(9-13)26-12-25-17/h4-9H,11-12H2,1-3H3,(H,22,23). The molecule has 26 heavy (non-hydrogen) atoms. The van der Waals surface area contributed by atoms with Gasteiger partial charge in [-0.2, -0.15) is 5.26 Å². The summed E-state index contributed by atoms with van der Waals surface area (Å²) in [5.74, 6) is 1.37. The van der Waals surface area contributed by atoms with Gasteiger partial charge in [0.2, 0.25) is 6.79 Å². The van der Waals surface area contributed by atoms with E-state index < -0.39 is 0 Å². The number of benzene rings is 2. The molecule has 1 amide bonds. The van der Waals surface area contributed by atoms with E-state index in [0.29, 0.717) is 40.7 Å². The maximum absolute atomic E-state index is 12.4. The molecule has 6 nitrogen and oxygen atoms in total. The first-order valence-corrected chi connectivity index (χ1v) is 8.24. The van der Waals surface area contributed by atoms with Crippen molar-refractivity contribution >= 4 is 11.6 Å². The molecular weight excluding hydrogens is 332 g/mol. The van der Waals surface area contributed by atoms with Gasteiger partial charge in [-0.15, -0.1) is 0 Å².